The van der Waals surface area contributed by atoms with Crippen molar-refractivity contribution < 1.29 is 9.59 Å². The highest BCUT2D eigenvalue weighted by Gasteiger charge is 2.21. The first-order valence-electron chi connectivity index (χ1n) is 10.6. The van der Waals surface area contributed by atoms with Crippen molar-refractivity contribution in [3.8, 4) is 0 Å². The van der Waals surface area contributed by atoms with Crippen LogP contribution < -0.4 is 22.1 Å². The van der Waals surface area contributed by atoms with Crippen LogP contribution in [0.3, 0.4) is 0 Å². The van der Waals surface area contributed by atoms with Crippen molar-refractivity contribution in [2.24, 2.45) is 0 Å². The first kappa shape index (κ1) is 22.9. The second-order valence-electron chi connectivity index (χ2n) is 7.82. The molecule has 0 saturated carbocycles. The highest BCUT2D eigenvalue weighted by atomic mass is 16.2. The molecule has 0 saturated heterocycles. The van der Waals surface area contributed by atoms with Gasteiger partial charge in [0.25, 0.3) is 17.4 Å². The fraction of sp³-hybridized carbons (Fsp3) is 0.348. The number of nitrogens with one attached hydrogen (secondary N) is 3. The molecule has 0 aliphatic rings. The number of pyridine rings is 1. The fourth-order valence-electron chi connectivity index (χ4n) is 3.34. The van der Waals surface area contributed by atoms with Gasteiger partial charge >= 0.3 is 5.69 Å². The van der Waals surface area contributed by atoms with Gasteiger partial charge in [-0.1, -0.05) is 39.8 Å². The number of carbonyl (C=O) groups is 2. The molecule has 0 unspecified atom stereocenters. The quantitative estimate of drug-likeness (QED) is 0.510. The number of aromatic nitrogens is 3. The largest absolute Gasteiger partial charge is 0.329 e. The van der Waals surface area contributed by atoms with Crippen molar-refractivity contribution in [3.63, 3.8) is 0 Å². The minimum Gasteiger partial charge on any atom is -0.278 e. The van der Waals surface area contributed by atoms with E-state index in [2.05, 4.69) is 20.8 Å². The number of nitrogens with zero attached hydrogens (tertiary/aromatic N) is 2. The van der Waals surface area contributed by atoms with Crippen molar-refractivity contribution in [2.45, 2.75) is 53.0 Å². The summed E-state index contributed by atoms with van der Waals surface area (Å²) in [5.74, 6) is -1.22. The molecule has 0 fully saturated rings. The molecule has 0 aliphatic carbocycles. The molecule has 2 amide bonds. The van der Waals surface area contributed by atoms with E-state index in [4.69, 9.17) is 0 Å². The Morgan fingerprint density at radius 2 is 1.72 bits per heavy atom. The lowest BCUT2D eigenvalue weighted by atomic mass is 10.0. The van der Waals surface area contributed by atoms with Gasteiger partial charge < -0.3 is 0 Å². The standard InChI is InChI=1S/C23H27N5O4/c1-5-11-28-19-18(22(31)25-23(28)32)16(12-17(24-19)13(3)4)21(30)27-26-20(29)15-9-7-14(6-2)8-10-15/h7-10,12-13H,5-6,11H2,1-4H3,(H,26,29)(H,27,30)(H,25,31,32). The van der Waals surface area contributed by atoms with Crippen LogP contribution in [0.25, 0.3) is 11.0 Å². The highest BCUT2D eigenvalue weighted by molar-refractivity contribution is 6.06. The highest BCUT2D eigenvalue weighted by Crippen LogP contribution is 2.19. The topological polar surface area (TPSA) is 126 Å². The van der Waals surface area contributed by atoms with Crippen LogP contribution in [0.2, 0.25) is 0 Å². The van der Waals surface area contributed by atoms with Crippen LogP contribution in [0.5, 0.6) is 0 Å². The van der Waals surface area contributed by atoms with Crippen LogP contribution in [0.4, 0.5) is 0 Å². The van der Waals surface area contributed by atoms with Gasteiger partial charge in [-0.05, 0) is 42.5 Å². The molecule has 32 heavy (non-hydrogen) atoms. The lowest BCUT2D eigenvalue weighted by Crippen LogP contribution is -2.42. The van der Waals surface area contributed by atoms with Gasteiger partial charge in [-0.25, -0.2) is 9.78 Å². The van der Waals surface area contributed by atoms with E-state index < -0.39 is 23.1 Å². The molecule has 168 valence electrons. The van der Waals surface area contributed by atoms with Crippen LogP contribution in [-0.2, 0) is 13.0 Å². The number of rotatable bonds is 6. The number of hydrogen-bond acceptors (Lipinski definition) is 5. The Balaban J connectivity index is 1.99. The van der Waals surface area contributed by atoms with E-state index in [9.17, 15) is 19.2 Å². The van der Waals surface area contributed by atoms with E-state index in [1.54, 1.807) is 12.1 Å². The third-order valence-electron chi connectivity index (χ3n) is 5.17. The van der Waals surface area contributed by atoms with Crippen LogP contribution in [0, 0.1) is 0 Å². The zero-order chi connectivity index (χ0) is 23.4. The molecule has 3 N–H and O–H groups in total. The van der Waals surface area contributed by atoms with Crippen molar-refractivity contribution in [3.05, 3.63) is 73.6 Å². The van der Waals surface area contributed by atoms with E-state index in [0.29, 0.717) is 24.2 Å². The fourth-order valence-corrected chi connectivity index (χ4v) is 3.34. The summed E-state index contributed by atoms with van der Waals surface area (Å²) in [7, 11) is 0. The second-order valence-corrected chi connectivity index (χ2v) is 7.82. The monoisotopic (exact) mass is 437 g/mol. The van der Waals surface area contributed by atoms with E-state index in [1.807, 2.05) is 39.8 Å². The number of hydrogen-bond donors (Lipinski definition) is 3. The lowest BCUT2D eigenvalue weighted by molar-refractivity contribution is 0.0847. The van der Waals surface area contributed by atoms with Crippen molar-refractivity contribution in [1.82, 2.24) is 25.4 Å². The van der Waals surface area contributed by atoms with Gasteiger partial charge in [-0.15, -0.1) is 0 Å². The third-order valence-corrected chi connectivity index (χ3v) is 5.17. The van der Waals surface area contributed by atoms with E-state index >= 15 is 0 Å². The van der Waals surface area contributed by atoms with Gasteiger partial charge in [-0.2, -0.15) is 0 Å². The zero-order valence-corrected chi connectivity index (χ0v) is 18.6. The number of aromatic amines is 1. The van der Waals surface area contributed by atoms with E-state index in [0.717, 1.165) is 12.0 Å². The van der Waals surface area contributed by atoms with Crippen LogP contribution in [0.1, 0.15) is 72.0 Å². The Morgan fingerprint density at radius 1 is 1.06 bits per heavy atom. The van der Waals surface area contributed by atoms with Gasteiger partial charge in [-0.3, -0.25) is 34.8 Å². The Kier molecular flexibility index (Phi) is 6.87. The number of aryl methyl sites for hydroxylation is 2. The summed E-state index contributed by atoms with van der Waals surface area (Å²) >= 11 is 0. The first-order valence-corrected chi connectivity index (χ1v) is 10.6. The molecule has 0 aliphatic heterocycles. The summed E-state index contributed by atoms with van der Waals surface area (Å²) in [4.78, 5) is 57.1. The first-order chi connectivity index (χ1) is 15.3. The van der Waals surface area contributed by atoms with E-state index in [-0.39, 0.29) is 22.5 Å². The Morgan fingerprint density at radius 3 is 2.31 bits per heavy atom. The summed E-state index contributed by atoms with van der Waals surface area (Å²) in [6, 6.07) is 8.55. The molecular formula is C23H27N5O4. The normalized spacial score (nSPS) is 11.0. The average molecular weight is 438 g/mol. The Labute approximate surface area is 184 Å². The molecule has 3 aromatic rings. The van der Waals surface area contributed by atoms with Crippen molar-refractivity contribution >= 4 is 22.8 Å². The van der Waals surface area contributed by atoms with Crippen LogP contribution in [0.15, 0.2) is 39.9 Å². The number of amides is 2. The molecule has 3 rings (SSSR count). The summed E-state index contributed by atoms with van der Waals surface area (Å²) in [5, 5.41) is 0.00139. The predicted molar refractivity (Wildman–Crippen MR) is 122 cm³/mol. The van der Waals surface area contributed by atoms with Crippen molar-refractivity contribution in [1.29, 1.82) is 0 Å². The molecule has 0 spiro atoms. The van der Waals surface area contributed by atoms with Crippen LogP contribution in [-0.4, -0.2) is 26.3 Å². The van der Waals surface area contributed by atoms with Gasteiger partial charge in [0.05, 0.1) is 10.9 Å². The number of H-pyrrole nitrogens is 1. The Hall–Kier alpha value is -3.75. The molecular weight excluding hydrogens is 410 g/mol. The molecule has 9 heteroatoms. The van der Waals surface area contributed by atoms with Gasteiger partial charge in [0.2, 0.25) is 0 Å². The summed E-state index contributed by atoms with van der Waals surface area (Å²) < 4.78 is 1.35. The second kappa shape index (κ2) is 9.59. The maximum absolute atomic E-state index is 13.0. The zero-order valence-electron chi connectivity index (χ0n) is 18.6. The van der Waals surface area contributed by atoms with Crippen LogP contribution >= 0.6 is 0 Å². The Bertz CT molecular complexity index is 1270. The maximum atomic E-state index is 13.0. The van der Waals surface area contributed by atoms with Gasteiger partial charge in [0, 0.05) is 17.8 Å². The number of carbonyl (C=O) groups excluding carboxylic acids is 2. The minimum atomic E-state index is -0.702. The molecule has 0 atom stereocenters. The smallest absolute Gasteiger partial charge is 0.278 e. The van der Waals surface area contributed by atoms with Gasteiger partial charge in [0.15, 0.2) is 5.65 Å². The van der Waals surface area contributed by atoms with Crippen molar-refractivity contribution in [2.75, 3.05) is 0 Å². The lowest BCUT2D eigenvalue weighted by Gasteiger charge is -2.15. The van der Waals surface area contributed by atoms with Gasteiger partial charge in [0.1, 0.15) is 0 Å². The number of benzene rings is 1. The molecule has 1 aromatic carbocycles. The number of hydrazine groups is 1. The maximum Gasteiger partial charge on any atom is 0.329 e. The number of fused-ring (bicyclic) bond motifs is 1. The minimum absolute atomic E-state index is 0.00139. The summed E-state index contributed by atoms with van der Waals surface area (Å²) in [6.45, 7) is 8.04. The summed E-state index contributed by atoms with van der Waals surface area (Å²) in [6.07, 6.45) is 1.49. The average Bonchev–Trinajstić information content (AvgIpc) is 2.79. The molecule has 0 bridgehead atoms. The molecule has 2 aromatic heterocycles. The molecule has 9 nitrogen and oxygen atoms in total. The predicted octanol–water partition coefficient (Wildman–Crippen LogP) is 2.26. The third kappa shape index (κ3) is 4.61. The SMILES string of the molecule is CCCn1c(=O)[nH]c(=O)c2c(C(=O)NNC(=O)c3ccc(CC)cc3)cc(C(C)C)nc21. The van der Waals surface area contributed by atoms with E-state index in [1.165, 1.54) is 10.6 Å². The molecule has 2 heterocycles. The summed E-state index contributed by atoms with van der Waals surface area (Å²) in [5.41, 5.74) is 5.69. The molecule has 0 radical (unpaired) electrons.